The van der Waals surface area contributed by atoms with Crippen molar-refractivity contribution in [1.29, 1.82) is 0 Å². The fourth-order valence-electron chi connectivity index (χ4n) is 3.73. The van der Waals surface area contributed by atoms with E-state index < -0.39 is 12.1 Å². The van der Waals surface area contributed by atoms with E-state index in [9.17, 15) is 14.7 Å². The Morgan fingerprint density at radius 2 is 1.83 bits per heavy atom. The summed E-state index contributed by atoms with van der Waals surface area (Å²) < 4.78 is 0. The summed E-state index contributed by atoms with van der Waals surface area (Å²) in [7, 11) is 0. The van der Waals surface area contributed by atoms with Crippen molar-refractivity contribution in [3.63, 3.8) is 0 Å². The zero-order chi connectivity index (χ0) is 16.9. The molecule has 1 saturated carbocycles. The lowest BCUT2D eigenvalue weighted by atomic mass is 10.0. The van der Waals surface area contributed by atoms with Gasteiger partial charge in [-0.05, 0) is 37.7 Å². The second-order valence-electron chi connectivity index (χ2n) is 6.89. The van der Waals surface area contributed by atoms with E-state index in [0.29, 0.717) is 19.3 Å². The van der Waals surface area contributed by atoms with E-state index in [1.807, 2.05) is 35.2 Å². The van der Waals surface area contributed by atoms with Gasteiger partial charge in [0.15, 0.2) is 0 Å². The zero-order valence-electron chi connectivity index (χ0n) is 14.0. The van der Waals surface area contributed by atoms with Crippen molar-refractivity contribution in [1.82, 2.24) is 10.2 Å². The molecule has 0 bridgehead atoms. The molecule has 2 aliphatic rings. The van der Waals surface area contributed by atoms with Crippen LogP contribution in [0.3, 0.4) is 0 Å². The van der Waals surface area contributed by atoms with Gasteiger partial charge in [-0.2, -0.15) is 0 Å². The molecule has 1 heterocycles. The number of benzene rings is 1. The Balaban J connectivity index is 1.71. The molecule has 24 heavy (non-hydrogen) atoms. The van der Waals surface area contributed by atoms with E-state index in [4.69, 9.17) is 0 Å². The predicted molar refractivity (Wildman–Crippen MR) is 91.2 cm³/mol. The number of nitrogens with zero attached hydrogens (tertiary/aromatic N) is 1. The van der Waals surface area contributed by atoms with Gasteiger partial charge >= 0.3 is 0 Å². The van der Waals surface area contributed by atoms with E-state index in [0.717, 1.165) is 37.9 Å². The molecule has 130 valence electrons. The van der Waals surface area contributed by atoms with E-state index >= 15 is 0 Å². The maximum absolute atomic E-state index is 12.8. The Labute approximate surface area is 143 Å². The first-order chi connectivity index (χ1) is 11.6. The monoisotopic (exact) mass is 330 g/mol. The molecule has 3 rings (SSSR count). The van der Waals surface area contributed by atoms with Gasteiger partial charge in [-0.1, -0.05) is 30.3 Å². The van der Waals surface area contributed by atoms with Crippen LogP contribution in [-0.4, -0.2) is 47.1 Å². The van der Waals surface area contributed by atoms with E-state index in [1.54, 1.807) is 0 Å². The average Bonchev–Trinajstić information content (AvgIpc) is 3.26. The third kappa shape index (κ3) is 3.96. The van der Waals surface area contributed by atoms with Gasteiger partial charge in [0.05, 0.1) is 12.0 Å². The Kier molecular flexibility index (Phi) is 5.51. The number of aliphatic hydroxyl groups excluding tert-OH is 1. The maximum atomic E-state index is 12.8. The standard InChI is InChI=1S/C19H26N2O3/c22-17-10-6-9-15(17)18(23)20-16(13-14-7-2-1-3-8-14)19(24)21-11-4-5-12-21/h1-3,7-8,15-17,22H,4-6,9-13H2,(H,20,23). The lowest BCUT2D eigenvalue weighted by Gasteiger charge is -2.26. The molecule has 1 aromatic rings. The van der Waals surface area contributed by atoms with Gasteiger partial charge in [0.25, 0.3) is 0 Å². The quantitative estimate of drug-likeness (QED) is 0.859. The number of nitrogens with one attached hydrogen (secondary N) is 1. The van der Waals surface area contributed by atoms with Crippen LogP contribution >= 0.6 is 0 Å². The predicted octanol–water partition coefficient (Wildman–Crippen LogP) is 1.50. The van der Waals surface area contributed by atoms with Gasteiger partial charge in [-0.3, -0.25) is 9.59 Å². The molecule has 1 aliphatic carbocycles. The summed E-state index contributed by atoms with van der Waals surface area (Å²) in [5.74, 6) is -0.569. The first kappa shape index (κ1) is 17.0. The largest absolute Gasteiger partial charge is 0.392 e. The van der Waals surface area contributed by atoms with Gasteiger partial charge in [0.2, 0.25) is 11.8 Å². The molecule has 5 heteroatoms. The number of amides is 2. The van der Waals surface area contributed by atoms with Gasteiger partial charge in [-0.15, -0.1) is 0 Å². The third-order valence-electron chi connectivity index (χ3n) is 5.13. The second kappa shape index (κ2) is 7.79. The highest BCUT2D eigenvalue weighted by molar-refractivity contribution is 5.89. The summed E-state index contributed by atoms with van der Waals surface area (Å²) in [5.41, 5.74) is 1.03. The highest BCUT2D eigenvalue weighted by Crippen LogP contribution is 2.26. The summed E-state index contributed by atoms with van der Waals surface area (Å²) in [6.45, 7) is 1.54. The van der Waals surface area contributed by atoms with Crippen LogP contribution in [0.25, 0.3) is 0 Å². The lowest BCUT2D eigenvalue weighted by molar-refractivity contribution is -0.137. The van der Waals surface area contributed by atoms with Crippen LogP contribution in [0.5, 0.6) is 0 Å². The van der Waals surface area contributed by atoms with Gasteiger partial charge in [0.1, 0.15) is 6.04 Å². The molecular weight excluding hydrogens is 304 g/mol. The van der Waals surface area contributed by atoms with Crippen LogP contribution in [0.15, 0.2) is 30.3 Å². The molecule has 2 fully saturated rings. The lowest BCUT2D eigenvalue weighted by Crippen LogP contribution is -2.51. The fourth-order valence-corrected chi connectivity index (χ4v) is 3.73. The smallest absolute Gasteiger partial charge is 0.245 e. The van der Waals surface area contributed by atoms with Gasteiger partial charge in [0, 0.05) is 19.5 Å². The molecule has 1 aliphatic heterocycles. The summed E-state index contributed by atoms with van der Waals surface area (Å²) in [6, 6.07) is 9.21. The van der Waals surface area contributed by atoms with E-state index in [1.165, 1.54) is 0 Å². The highest BCUT2D eigenvalue weighted by atomic mass is 16.3. The van der Waals surface area contributed by atoms with Crippen molar-refractivity contribution in [3.05, 3.63) is 35.9 Å². The summed E-state index contributed by atoms with van der Waals surface area (Å²) in [4.78, 5) is 27.2. The molecule has 0 radical (unpaired) electrons. The molecule has 3 unspecified atom stereocenters. The Bertz CT molecular complexity index is 569. The number of rotatable bonds is 5. The molecule has 1 saturated heterocycles. The van der Waals surface area contributed by atoms with Crippen molar-refractivity contribution < 1.29 is 14.7 Å². The number of hydrogen-bond acceptors (Lipinski definition) is 3. The van der Waals surface area contributed by atoms with E-state index in [-0.39, 0.29) is 17.7 Å². The van der Waals surface area contributed by atoms with Crippen molar-refractivity contribution in [2.75, 3.05) is 13.1 Å². The number of hydrogen-bond donors (Lipinski definition) is 2. The topological polar surface area (TPSA) is 69.6 Å². The van der Waals surface area contributed by atoms with E-state index in [2.05, 4.69) is 5.32 Å². The maximum Gasteiger partial charge on any atom is 0.245 e. The normalized spacial score (nSPS) is 24.8. The van der Waals surface area contributed by atoms with Crippen LogP contribution < -0.4 is 5.32 Å². The van der Waals surface area contributed by atoms with Crippen LogP contribution in [0, 0.1) is 5.92 Å². The number of carbonyl (C=O) groups excluding carboxylic acids is 2. The molecule has 0 spiro atoms. The van der Waals surface area contributed by atoms with Gasteiger partial charge < -0.3 is 15.3 Å². The molecule has 2 N–H and O–H groups in total. The van der Waals surface area contributed by atoms with Crippen LogP contribution in [0.1, 0.15) is 37.7 Å². The molecule has 5 nitrogen and oxygen atoms in total. The van der Waals surface area contributed by atoms with Crippen LogP contribution in [0.4, 0.5) is 0 Å². The minimum Gasteiger partial charge on any atom is -0.392 e. The number of carbonyl (C=O) groups is 2. The number of likely N-dealkylation sites (tertiary alicyclic amines) is 1. The van der Waals surface area contributed by atoms with Crippen molar-refractivity contribution >= 4 is 11.8 Å². The number of aliphatic hydroxyl groups is 1. The summed E-state index contributed by atoms with van der Waals surface area (Å²) in [5, 5.41) is 12.9. The molecule has 3 atom stereocenters. The van der Waals surface area contributed by atoms with Gasteiger partial charge in [-0.25, -0.2) is 0 Å². The molecule has 2 amide bonds. The molecular formula is C19H26N2O3. The average molecular weight is 330 g/mol. The second-order valence-corrected chi connectivity index (χ2v) is 6.89. The Hall–Kier alpha value is -1.88. The summed E-state index contributed by atoms with van der Waals surface area (Å²) >= 11 is 0. The minimum atomic E-state index is -0.579. The molecule has 0 aromatic heterocycles. The third-order valence-corrected chi connectivity index (χ3v) is 5.13. The summed E-state index contributed by atoms with van der Waals surface area (Å²) in [6.07, 6.45) is 4.19. The zero-order valence-corrected chi connectivity index (χ0v) is 14.0. The van der Waals surface area contributed by atoms with Crippen molar-refractivity contribution in [2.45, 2.75) is 50.7 Å². The Morgan fingerprint density at radius 3 is 2.46 bits per heavy atom. The van der Waals surface area contributed by atoms with Crippen LogP contribution in [-0.2, 0) is 16.0 Å². The molecule has 1 aromatic carbocycles. The minimum absolute atomic E-state index is 0.00260. The van der Waals surface area contributed by atoms with Crippen molar-refractivity contribution in [2.24, 2.45) is 5.92 Å². The highest BCUT2D eigenvalue weighted by Gasteiger charge is 2.35. The fraction of sp³-hybridized carbons (Fsp3) is 0.579. The first-order valence-electron chi connectivity index (χ1n) is 8.96. The SMILES string of the molecule is O=C(NC(Cc1ccccc1)C(=O)N1CCCC1)C1CCCC1O. The first-order valence-corrected chi connectivity index (χ1v) is 8.96. The van der Waals surface area contributed by atoms with Crippen molar-refractivity contribution in [3.8, 4) is 0 Å². The van der Waals surface area contributed by atoms with Crippen LogP contribution in [0.2, 0.25) is 0 Å². The Morgan fingerprint density at radius 1 is 1.12 bits per heavy atom.